The van der Waals surface area contributed by atoms with Crippen molar-refractivity contribution in [2.75, 3.05) is 14.2 Å². The molecule has 214 valence electrons. The number of aromatic nitrogens is 3. The highest BCUT2D eigenvalue weighted by atomic mass is 16.5. The molecule has 3 aromatic heterocycles. The lowest BCUT2D eigenvalue weighted by molar-refractivity contribution is -0.143. The molecule has 0 saturated heterocycles. The molecule has 5 aromatic rings. The van der Waals surface area contributed by atoms with Crippen LogP contribution in [0, 0.1) is 0 Å². The van der Waals surface area contributed by atoms with E-state index in [1.807, 2.05) is 48.5 Å². The van der Waals surface area contributed by atoms with Gasteiger partial charge >= 0.3 is 11.9 Å². The van der Waals surface area contributed by atoms with Crippen molar-refractivity contribution in [2.45, 2.75) is 24.9 Å². The average molecular weight is 568 g/mol. The maximum absolute atomic E-state index is 13.2. The van der Waals surface area contributed by atoms with Crippen molar-refractivity contribution in [2.24, 2.45) is 0 Å². The van der Waals surface area contributed by atoms with E-state index in [0.29, 0.717) is 0 Å². The van der Waals surface area contributed by atoms with E-state index in [-0.39, 0.29) is 24.2 Å². The van der Waals surface area contributed by atoms with Gasteiger partial charge in [0.2, 0.25) is 0 Å². The number of hydrogen-bond acceptors (Lipinski definition) is 7. The molecule has 4 N–H and O–H groups in total. The van der Waals surface area contributed by atoms with Crippen LogP contribution in [0.1, 0.15) is 32.1 Å². The summed E-state index contributed by atoms with van der Waals surface area (Å²) in [5.74, 6) is -2.58. The number of aromatic amines is 2. The third-order valence-electron chi connectivity index (χ3n) is 6.99. The first-order valence-electron chi connectivity index (χ1n) is 13.2. The number of esters is 2. The third-order valence-corrected chi connectivity index (χ3v) is 6.99. The monoisotopic (exact) mass is 567 g/mol. The second kappa shape index (κ2) is 12.4. The van der Waals surface area contributed by atoms with Crippen LogP contribution in [0.4, 0.5) is 0 Å². The van der Waals surface area contributed by atoms with Crippen molar-refractivity contribution in [1.82, 2.24) is 25.6 Å². The molecule has 11 heteroatoms. The van der Waals surface area contributed by atoms with Crippen molar-refractivity contribution < 1.29 is 28.7 Å². The largest absolute Gasteiger partial charge is 0.467 e. The highest BCUT2D eigenvalue weighted by molar-refractivity contribution is 5.99. The number of para-hydroxylation sites is 2. The Labute approximate surface area is 240 Å². The van der Waals surface area contributed by atoms with Gasteiger partial charge in [-0.3, -0.25) is 9.59 Å². The normalized spacial score (nSPS) is 12.4. The first kappa shape index (κ1) is 28.1. The number of nitrogens with one attached hydrogen (secondary N) is 4. The highest BCUT2D eigenvalue weighted by Crippen LogP contribution is 2.21. The number of H-pyrrole nitrogens is 2. The lowest BCUT2D eigenvalue weighted by Crippen LogP contribution is -2.44. The first-order valence-corrected chi connectivity index (χ1v) is 13.2. The summed E-state index contributed by atoms with van der Waals surface area (Å²) in [6.45, 7) is 0. The maximum Gasteiger partial charge on any atom is 0.328 e. The van der Waals surface area contributed by atoms with Gasteiger partial charge in [0.15, 0.2) is 0 Å². The van der Waals surface area contributed by atoms with Gasteiger partial charge in [0.05, 0.1) is 14.2 Å². The molecule has 0 unspecified atom stereocenters. The van der Waals surface area contributed by atoms with Gasteiger partial charge in [-0.25, -0.2) is 14.6 Å². The minimum Gasteiger partial charge on any atom is -0.467 e. The Morgan fingerprint density at radius 1 is 0.667 bits per heavy atom. The van der Waals surface area contributed by atoms with Gasteiger partial charge in [-0.05, 0) is 35.4 Å². The molecule has 0 aliphatic heterocycles. The molecule has 0 fully saturated rings. The summed E-state index contributed by atoms with van der Waals surface area (Å²) in [7, 11) is 2.49. The Morgan fingerprint density at radius 2 is 1.10 bits per heavy atom. The molecule has 2 amide bonds. The number of methoxy groups -OCH3 is 2. The van der Waals surface area contributed by atoms with Crippen LogP contribution in [0.5, 0.6) is 0 Å². The molecular formula is C31H29N5O6. The van der Waals surface area contributed by atoms with Crippen molar-refractivity contribution in [3.05, 3.63) is 102 Å². The highest BCUT2D eigenvalue weighted by Gasteiger charge is 2.27. The zero-order valence-electron chi connectivity index (χ0n) is 23.0. The average Bonchev–Trinajstić information content (AvgIpc) is 3.63. The van der Waals surface area contributed by atoms with Crippen LogP contribution in [0.3, 0.4) is 0 Å². The summed E-state index contributed by atoms with van der Waals surface area (Å²) in [5.41, 5.74) is 3.29. The third kappa shape index (κ3) is 5.99. The molecule has 0 aliphatic carbocycles. The lowest BCUT2D eigenvalue weighted by Gasteiger charge is -2.17. The Hall–Kier alpha value is -5.45. The predicted molar refractivity (Wildman–Crippen MR) is 155 cm³/mol. The van der Waals surface area contributed by atoms with Crippen molar-refractivity contribution in [3.8, 4) is 0 Å². The second-order valence-corrected chi connectivity index (χ2v) is 9.63. The molecule has 0 aliphatic rings. The van der Waals surface area contributed by atoms with Gasteiger partial charge in [0.25, 0.3) is 11.8 Å². The topological polar surface area (TPSA) is 155 Å². The predicted octanol–water partition coefficient (Wildman–Crippen LogP) is 3.07. The number of carbonyl (C=O) groups excluding carboxylic acids is 4. The van der Waals surface area contributed by atoms with Gasteiger partial charge < -0.3 is 30.1 Å². The number of amides is 2. The standard InChI is InChI=1S/C31H29N5O6/c1-41-30(39)26(14-18-16-32-22-10-5-3-8-20(18)22)35-28(37)24-12-7-13-25(34-24)29(38)36-27(31(40)42-2)15-19-17-33-23-11-6-4-9-21(19)23/h3-13,16-17,26-27,32-33H,14-15H2,1-2H3,(H,35,37)(H,36,38)/t26-,27-/m1/s1. The van der Waals surface area contributed by atoms with E-state index in [2.05, 4.69) is 25.6 Å². The second-order valence-electron chi connectivity index (χ2n) is 9.63. The van der Waals surface area contributed by atoms with E-state index in [1.54, 1.807) is 12.4 Å². The smallest absolute Gasteiger partial charge is 0.328 e. The molecule has 2 atom stereocenters. The fraction of sp³-hybridized carbons (Fsp3) is 0.194. The zero-order valence-corrected chi connectivity index (χ0v) is 23.0. The number of carbonyl (C=O) groups is 4. The first-order chi connectivity index (χ1) is 20.4. The summed E-state index contributed by atoms with van der Waals surface area (Å²) in [6.07, 6.45) is 3.92. The summed E-state index contributed by atoms with van der Waals surface area (Å²) >= 11 is 0. The Balaban J connectivity index is 1.31. The maximum atomic E-state index is 13.2. The van der Waals surface area contributed by atoms with Crippen molar-refractivity contribution >= 4 is 45.6 Å². The van der Waals surface area contributed by atoms with E-state index in [0.717, 1.165) is 32.9 Å². The Kier molecular flexibility index (Phi) is 8.28. The Bertz CT molecular complexity index is 1650. The van der Waals surface area contributed by atoms with Crippen LogP contribution in [0.15, 0.2) is 79.1 Å². The van der Waals surface area contributed by atoms with Gasteiger partial charge in [-0.1, -0.05) is 42.5 Å². The van der Waals surface area contributed by atoms with Crippen LogP contribution in [-0.4, -0.2) is 65.0 Å². The summed E-state index contributed by atoms with van der Waals surface area (Å²) in [6, 6.07) is 17.6. The van der Waals surface area contributed by atoms with Gasteiger partial charge in [-0.15, -0.1) is 0 Å². The van der Waals surface area contributed by atoms with Gasteiger partial charge in [-0.2, -0.15) is 0 Å². The van der Waals surface area contributed by atoms with Crippen molar-refractivity contribution in [3.63, 3.8) is 0 Å². The van der Waals surface area contributed by atoms with Crippen LogP contribution in [-0.2, 0) is 31.9 Å². The van der Waals surface area contributed by atoms with Crippen LogP contribution < -0.4 is 10.6 Å². The molecule has 0 spiro atoms. The molecule has 3 heterocycles. The lowest BCUT2D eigenvalue weighted by atomic mass is 10.0. The molecular weight excluding hydrogens is 538 g/mol. The zero-order chi connectivity index (χ0) is 29.6. The van der Waals surface area contributed by atoms with E-state index in [4.69, 9.17) is 9.47 Å². The van der Waals surface area contributed by atoms with Crippen LogP contribution >= 0.6 is 0 Å². The molecule has 0 bridgehead atoms. The van der Waals surface area contributed by atoms with Crippen molar-refractivity contribution in [1.29, 1.82) is 0 Å². The number of benzene rings is 2. The van der Waals surface area contributed by atoms with Crippen LogP contribution in [0.2, 0.25) is 0 Å². The Morgan fingerprint density at radius 3 is 1.52 bits per heavy atom. The number of ether oxygens (including phenoxy) is 2. The number of pyridine rings is 1. The molecule has 42 heavy (non-hydrogen) atoms. The van der Waals surface area contributed by atoms with E-state index >= 15 is 0 Å². The molecule has 5 rings (SSSR count). The molecule has 0 saturated carbocycles. The van der Waals surface area contributed by atoms with Gasteiger partial charge in [0.1, 0.15) is 23.5 Å². The van der Waals surface area contributed by atoms with Gasteiger partial charge in [0, 0.05) is 47.0 Å². The quantitative estimate of drug-likeness (QED) is 0.189. The number of nitrogens with zero attached hydrogens (tertiary/aromatic N) is 1. The van der Waals surface area contributed by atoms with E-state index < -0.39 is 35.8 Å². The van der Waals surface area contributed by atoms with E-state index in [1.165, 1.54) is 32.4 Å². The number of hydrogen-bond donors (Lipinski definition) is 4. The molecule has 0 radical (unpaired) electrons. The minimum absolute atomic E-state index is 0.0817. The minimum atomic E-state index is -0.999. The fourth-order valence-electron chi connectivity index (χ4n) is 4.86. The SMILES string of the molecule is COC(=O)[C@@H](Cc1c[nH]c2ccccc12)NC(=O)c1cccc(C(=O)N[C@H](Cc2c[nH]c3ccccc23)C(=O)OC)n1. The summed E-state index contributed by atoms with van der Waals surface area (Å²) in [4.78, 5) is 61.9. The number of fused-ring (bicyclic) bond motifs is 2. The molecule has 2 aromatic carbocycles. The number of rotatable bonds is 10. The fourth-order valence-corrected chi connectivity index (χ4v) is 4.86. The molecule has 11 nitrogen and oxygen atoms in total. The van der Waals surface area contributed by atoms with E-state index in [9.17, 15) is 19.2 Å². The summed E-state index contributed by atoms with van der Waals surface area (Å²) in [5, 5.41) is 7.18. The van der Waals surface area contributed by atoms with Crippen LogP contribution in [0.25, 0.3) is 21.8 Å². The summed E-state index contributed by atoms with van der Waals surface area (Å²) < 4.78 is 9.85.